The maximum absolute atomic E-state index is 12.0. The number of nitrogens with one attached hydrogen (secondary N) is 1. The van der Waals surface area contributed by atoms with Crippen LogP contribution in [0.4, 0.5) is 14.5 Å². The van der Waals surface area contributed by atoms with Gasteiger partial charge in [0.1, 0.15) is 5.75 Å². The molecule has 0 saturated heterocycles. The Hall–Kier alpha value is -1.70. The maximum atomic E-state index is 12.0. The van der Waals surface area contributed by atoms with Crippen molar-refractivity contribution in [2.24, 2.45) is 0 Å². The maximum Gasteiger partial charge on any atom is 0.387 e. The van der Waals surface area contributed by atoms with Gasteiger partial charge in [0.2, 0.25) is 0 Å². The first-order valence-electron chi connectivity index (χ1n) is 5.66. The van der Waals surface area contributed by atoms with E-state index in [1.807, 2.05) is 12.1 Å². The Morgan fingerprint density at radius 2 is 1.65 bits per heavy atom. The van der Waals surface area contributed by atoms with Crippen molar-refractivity contribution in [3.63, 3.8) is 0 Å². The molecule has 0 aliphatic carbocycles. The number of alkyl halides is 2. The molecular formula is C14H10F2INO2. The zero-order valence-corrected chi connectivity index (χ0v) is 12.3. The fraction of sp³-hybridized carbons (Fsp3) is 0.0714. The summed E-state index contributed by atoms with van der Waals surface area (Å²) in [6.45, 7) is -2.86. The fourth-order valence-corrected chi connectivity index (χ4v) is 1.88. The standard InChI is InChI=1S/C14H10F2INO2/c15-14(16)20-12-7-5-11(6-8-12)18-13(19)9-1-3-10(17)4-2-9/h1-8,14H,(H,18,19). The third kappa shape index (κ3) is 4.16. The topological polar surface area (TPSA) is 38.3 Å². The van der Waals surface area contributed by atoms with E-state index in [0.717, 1.165) is 3.57 Å². The number of anilines is 1. The SMILES string of the molecule is O=C(Nc1ccc(OC(F)F)cc1)c1ccc(I)cc1. The first kappa shape index (κ1) is 14.7. The van der Waals surface area contributed by atoms with E-state index in [0.29, 0.717) is 11.3 Å². The molecule has 3 nitrogen and oxygen atoms in total. The van der Waals surface area contributed by atoms with Crippen molar-refractivity contribution in [1.82, 2.24) is 0 Å². The van der Waals surface area contributed by atoms with Crippen LogP contribution in [0.5, 0.6) is 5.75 Å². The molecule has 2 aromatic carbocycles. The molecule has 0 spiro atoms. The van der Waals surface area contributed by atoms with Crippen LogP contribution in [-0.2, 0) is 0 Å². The molecule has 6 heteroatoms. The van der Waals surface area contributed by atoms with Crippen LogP contribution in [0.15, 0.2) is 48.5 Å². The summed E-state index contributed by atoms with van der Waals surface area (Å²) in [6.07, 6.45) is 0. The molecule has 0 atom stereocenters. The van der Waals surface area contributed by atoms with Gasteiger partial charge in [-0.3, -0.25) is 4.79 Å². The number of rotatable bonds is 4. The first-order valence-corrected chi connectivity index (χ1v) is 6.74. The summed E-state index contributed by atoms with van der Waals surface area (Å²) >= 11 is 2.15. The van der Waals surface area contributed by atoms with Crippen LogP contribution < -0.4 is 10.1 Å². The van der Waals surface area contributed by atoms with Gasteiger partial charge in [0.15, 0.2) is 0 Å². The highest BCUT2D eigenvalue weighted by Gasteiger charge is 2.07. The van der Waals surface area contributed by atoms with Crippen LogP contribution in [0.3, 0.4) is 0 Å². The second-order valence-electron chi connectivity index (χ2n) is 3.86. The average Bonchev–Trinajstić information content (AvgIpc) is 2.41. The predicted molar refractivity (Wildman–Crippen MR) is 80.2 cm³/mol. The number of amides is 1. The lowest BCUT2D eigenvalue weighted by Gasteiger charge is -2.07. The largest absolute Gasteiger partial charge is 0.435 e. The summed E-state index contributed by atoms with van der Waals surface area (Å²) in [6, 6.07) is 12.8. The van der Waals surface area contributed by atoms with Gasteiger partial charge in [-0.15, -0.1) is 0 Å². The number of hydrogen-bond donors (Lipinski definition) is 1. The molecule has 20 heavy (non-hydrogen) atoms. The van der Waals surface area contributed by atoms with Gasteiger partial charge in [0, 0.05) is 14.8 Å². The second kappa shape index (κ2) is 6.65. The Morgan fingerprint density at radius 1 is 1.05 bits per heavy atom. The lowest BCUT2D eigenvalue weighted by Crippen LogP contribution is -2.11. The van der Waals surface area contributed by atoms with E-state index in [1.54, 1.807) is 12.1 Å². The van der Waals surface area contributed by atoms with Crippen molar-refractivity contribution in [3.05, 3.63) is 57.7 Å². The third-order valence-corrected chi connectivity index (χ3v) is 3.16. The third-order valence-electron chi connectivity index (χ3n) is 2.44. The summed E-state index contributed by atoms with van der Waals surface area (Å²) in [5.41, 5.74) is 1.04. The zero-order chi connectivity index (χ0) is 14.5. The Labute approximate surface area is 128 Å². The van der Waals surface area contributed by atoms with Crippen LogP contribution in [-0.4, -0.2) is 12.5 Å². The molecule has 0 aliphatic heterocycles. The lowest BCUT2D eigenvalue weighted by molar-refractivity contribution is -0.0498. The van der Waals surface area contributed by atoms with E-state index in [2.05, 4.69) is 32.6 Å². The summed E-state index contributed by atoms with van der Waals surface area (Å²) in [5.74, 6) is -0.212. The Kier molecular flexibility index (Phi) is 4.89. The number of hydrogen-bond acceptors (Lipinski definition) is 2. The minimum absolute atomic E-state index is 0.0484. The number of carbonyl (C=O) groups is 1. The molecule has 1 N–H and O–H groups in total. The first-order chi connectivity index (χ1) is 9.54. The second-order valence-corrected chi connectivity index (χ2v) is 5.11. The molecule has 0 fully saturated rings. The molecule has 0 bridgehead atoms. The molecule has 0 heterocycles. The highest BCUT2D eigenvalue weighted by Crippen LogP contribution is 2.18. The average molecular weight is 389 g/mol. The number of benzene rings is 2. The molecule has 0 unspecified atom stereocenters. The molecule has 104 valence electrons. The minimum atomic E-state index is -2.86. The van der Waals surface area contributed by atoms with Crippen LogP contribution >= 0.6 is 22.6 Å². The number of ether oxygens (including phenoxy) is 1. The van der Waals surface area contributed by atoms with Gasteiger partial charge in [-0.05, 0) is 71.1 Å². The van der Waals surface area contributed by atoms with Crippen LogP contribution in [0.1, 0.15) is 10.4 Å². The summed E-state index contributed by atoms with van der Waals surface area (Å²) in [5, 5.41) is 2.67. The quantitative estimate of drug-likeness (QED) is 0.799. The van der Waals surface area contributed by atoms with Crippen LogP contribution in [0.25, 0.3) is 0 Å². The fourth-order valence-electron chi connectivity index (χ4n) is 1.52. The van der Waals surface area contributed by atoms with Gasteiger partial charge in [-0.25, -0.2) is 0 Å². The van der Waals surface area contributed by atoms with E-state index in [-0.39, 0.29) is 11.7 Å². The van der Waals surface area contributed by atoms with Gasteiger partial charge in [0.25, 0.3) is 5.91 Å². The van der Waals surface area contributed by atoms with E-state index >= 15 is 0 Å². The molecule has 0 aliphatic rings. The van der Waals surface area contributed by atoms with Gasteiger partial charge in [0.05, 0.1) is 0 Å². The van der Waals surface area contributed by atoms with Crippen molar-refractivity contribution in [1.29, 1.82) is 0 Å². The van der Waals surface area contributed by atoms with E-state index in [4.69, 9.17) is 0 Å². The van der Waals surface area contributed by atoms with Crippen LogP contribution in [0.2, 0.25) is 0 Å². The molecule has 1 amide bonds. The summed E-state index contributed by atoms with van der Waals surface area (Å²) in [4.78, 5) is 11.9. The highest BCUT2D eigenvalue weighted by molar-refractivity contribution is 14.1. The molecular weight excluding hydrogens is 379 g/mol. The molecule has 2 rings (SSSR count). The van der Waals surface area contributed by atoms with E-state index < -0.39 is 6.61 Å². The van der Waals surface area contributed by atoms with E-state index in [1.165, 1.54) is 24.3 Å². The Morgan fingerprint density at radius 3 is 2.20 bits per heavy atom. The van der Waals surface area contributed by atoms with Gasteiger partial charge in [-0.2, -0.15) is 8.78 Å². The Balaban J connectivity index is 2.02. The predicted octanol–water partition coefficient (Wildman–Crippen LogP) is 4.14. The zero-order valence-electron chi connectivity index (χ0n) is 10.1. The van der Waals surface area contributed by atoms with Gasteiger partial charge in [-0.1, -0.05) is 0 Å². The lowest BCUT2D eigenvalue weighted by atomic mass is 10.2. The molecule has 0 saturated carbocycles. The summed E-state index contributed by atoms with van der Waals surface area (Å²) < 4.78 is 29.2. The monoisotopic (exact) mass is 389 g/mol. The minimum Gasteiger partial charge on any atom is -0.435 e. The smallest absolute Gasteiger partial charge is 0.387 e. The molecule has 2 aromatic rings. The van der Waals surface area contributed by atoms with Crippen molar-refractivity contribution in [2.45, 2.75) is 6.61 Å². The van der Waals surface area contributed by atoms with Crippen LogP contribution in [0, 0.1) is 3.57 Å². The van der Waals surface area contributed by atoms with E-state index in [9.17, 15) is 13.6 Å². The summed E-state index contributed by atoms with van der Waals surface area (Å²) in [7, 11) is 0. The molecule has 0 aromatic heterocycles. The number of halogens is 3. The normalized spacial score (nSPS) is 10.4. The Bertz CT molecular complexity index is 585. The molecule has 0 radical (unpaired) electrons. The number of carbonyl (C=O) groups excluding carboxylic acids is 1. The van der Waals surface area contributed by atoms with Gasteiger partial charge >= 0.3 is 6.61 Å². The van der Waals surface area contributed by atoms with Crippen molar-refractivity contribution < 1.29 is 18.3 Å². The van der Waals surface area contributed by atoms with Crippen molar-refractivity contribution in [2.75, 3.05) is 5.32 Å². The van der Waals surface area contributed by atoms with Crippen molar-refractivity contribution in [3.8, 4) is 5.75 Å². The van der Waals surface area contributed by atoms with Crippen molar-refractivity contribution >= 4 is 34.2 Å². The highest BCUT2D eigenvalue weighted by atomic mass is 127. The van der Waals surface area contributed by atoms with Gasteiger partial charge < -0.3 is 10.1 Å².